The summed E-state index contributed by atoms with van der Waals surface area (Å²) < 4.78 is 1.15. The Labute approximate surface area is 182 Å². The molecule has 0 aliphatic rings. The minimum Gasteiger partial charge on any atom is -0.494 e. The first-order valence-corrected chi connectivity index (χ1v) is 9.95. The normalized spacial score (nSPS) is 10.7. The van der Waals surface area contributed by atoms with Crippen LogP contribution in [0.3, 0.4) is 0 Å². The predicted molar refractivity (Wildman–Crippen MR) is 118 cm³/mol. The van der Waals surface area contributed by atoms with E-state index in [1.165, 1.54) is 6.21 Å². The number of nitrogens with zero attached hydrogens (tertiary/aromatic N) is 4. The van der Waals surface area contributed by atoms with Crippen molar-refractivity contribution in [3.63, 3.8) is 0 Å². The van der Waals surface area contributed by atoms with Gasteiger partial charge in [0, 0.05) is 11.1 Å². The first-order chi connectivity index (χ1) is 14.5. The van der Waals surface area contributed by atoms with Crippen LogP contribution in [-0.2, 0) is 6.54 Å². The van der Waals surface area contributed by atoms with Crippen LogP contribution in [0, 0.1) is 28.9 Å². The smallest absolute Gasteiger partial charge is 0.271 e. The Bertz CT molecular complexity index is 1270. The SMILES string of the molecule is Cc1c(C=Nc2ccc(SC#N)c(Cl)c2)c(O)n(Cc2ccccc2)c(=O)c1C#N. The zero-order chi connectivity index (χ0) is 21.7. The van der Waals surface area contributed by atoms with E-state index in [1.807, 2.05) is 41.8 Å². The lowest BCUT2D eigenvalue weighted by Crippen LogP contribution is -2.25. The molecule has 3 aromatic rings. The van der Waals surface area contributed by atoms with Gasteiger partial charge in [0.15, 0.2) is 0 Å². The third-order valence-corrected chi connectivity index (χ3v) is 5.54. The number of thioether (sulfide) groups is 1. The highest BCUT2D eigenvalue weighted by atomic mass is 35.5. The second-order valence-corrected chi connectivity index (χ2v) is 7.53. The van der Waals surface area contributed by atoms with Gasteiger partial charge in [-0.25, -0.2) is 0 Å². The second-order valence-electron chi connectivity index (χ2n) is 6.29. The van der Waals surface area contributed by atoms with E-state index in [9.17, 15) is 15.2 Å². The first-order valence-electron chi connectivity index (χ1n) is 8.76. The Balaban J connectivity index is 2.06. The first kappa shape index (κ1) is 21.2. The maximum Gasteiger partial charge on any atom is 0.271 e. The molecule has 0 unspecified atom stereocenters. The fraction of sp³-hybridized carbons (Fsp3) is 0.0909. The highest BCUT2D eigenvalue weighted by Gasteiger charge is 2.18. The van der Waals surface area contributed by atoms with Crippen molar-refractivity contribution in [2.45, 2.75) is 18.4 Å². The number of rotatable bonds is 5. The summed E-state index contributed by atoms with van der Waals surface area (Å²) in [6.07, 6.45) is 1.40. The second kappa shape index (κ2) is 9.32. The van der Waals surface area contributed by atoms with Gasteiger partial charge >= 0.3 is 0 Å². The number of halogens is 1. The molecule has 1 N–H and O–H groups in total. The summed E-state index contributed by atoms with van der Waals surface area (Å²) in [5.74, 6) is -0.271. The van der Waals surface area contributed by atoms with Crippen molar-refractivity contribution >= 4 is 35.3 Å². The van der Waals surface area contributed by atoms with E-state index in [2.05, 4.69) is 4.99 Å². The lowest BCUT2D eigenvalue weighted by Gasteiger charge is -2.14. The lowest BCUT2D eigenvalue weighted by molar-refractivity contribution is 0.413. The molecule has 8 heteroatoms. The number of nitriles is 2. The van der Waals surface area contributed by atoms with E-state index in [0.717, 1.165) is 21.9 Å². The van der Waals surface area contributed by atoms with Gasteiger partial charge in [-0.2, -0.15) is 10.5 Å². The zero-order valence-electron chi connectivity index (χ0n) is 15.8. The third kappa shape index (κ3) is 4.38. The van der Waals surface area contributed by atoms with Crippen molar-refractivity contribution in [1.29, 1.82) is 10.5 Å². The summed E-state index contributed by atoms with van der Waals surface area (Å²) in [6, 6.07) is 16.0. The van der Waals surface area contributed by atoms with Crippen LogP contribution in [0.5, 0.6) is 5.88 Å². The van der Waals surface area contributed by atoms with Gasteiger partial charge in [0.2, 0.25) is 5.88 Å². The molecule has 3 rings (SSSR count). The highest BCUT2D eigenvalue weighted by molar-refractivity contribution is 8.03. The van der Waals surface area contributed by atoms with Gasteiger partial charge in [-0.3, -0.25) is 14.4 Å². The topological polar surface area (TPSA) is 102 Å². The molecular formula is C22H15ClN4O2S. The summed E-state index contributed by atoms with van der Waals surface area (Å²) in [5, 5.41) is 31.4. The van der Waals surface area contributed by atoms with Crippen LogP contribution in [0.1, 0.15) is 22.3 Å². The van der Waals surface area contributed by atoms with Gasteiger partial charge in [-0.15, -0.1) is 0 Å². The van der Waals surface area contributed by atoms with Crippen molar-refractivity contribution in [2.24, 2.45) is 4.99 Å². The Kier molecular flexibility index (Phi) is 6.58. The van der Waals surface area contributed by atoms with Crippen molar-refractivity contribution in [2.75, 3.05) is 0 Å². The maximum absolute atomic E-state index is 12.7. The van der Waals surface area contributed by atoms with E-state index >= 15 is 0 Å². The fourth-order valence-electron chi connectivity index (χ4n) is 2.88. The number of aliphatic imine (C=N–C) groups is 1. The van der Waals surface area contributed by atoms with Crippen LogP contribution in [-0.4, -0.2) is 15.9 Å². The number of hydrogen-bond donors (Lipinski definition) is 1. The van der Waals surface area contributed by atoms with Crippen LogP contribution in [0.4, 0.5) is 5.69 Å². The van der Waals surface area contributed by atoms with Gasteiger partial charge < -0.3 is 5.11 Å². The average molecular weight is 435 g/mol. The molecule has 6 nitrogen and oxygen atoms in total. The Morgan fingerprint density at radius 1 is 1.23 bits per heavy atom. The van der Waals surface area contributed by atoms with E-state index in [0.29, 0.717) is 21.2 Å². The molecule has 0 bridgehead atoms. The molecule has 0 aliphatic heterocycles. The maximum atomic E-state index is 12.7. The molecule has 2 aromatic carbocycles. The lowest BCUT2D eigenvalue weighted by atomic mass is 10.1. The zero-order valence-corrected chi connectivity index (χ0v) is 17.4. The number of aromatic nitrogens is 1. The van der Waals surface area contributed by atoms with Gasteiger partial charge in [-0.1, -0.05) is 41.9 Å². The molecule has 0 amide bonds. The van der Waals surface area contributed by atoms with Crippen LogP contribution in [0.25, 0.3) is 0 Å². The Morgan fingerprint density at radius 3 is 2.60 bits per heavy atom. The molecule has 0 saturated carbocycles. The van der Waals surface area contributed by atoms with E-state index in [1.54, 1.807) is 25.1 Å². The molecular weight excluding hydrogens is 420 g/mol. The van der Waals surface area contributed by atoms with Crippen molar-refractivity contribution in [3.8, 4) is 17.4 Å². The van der Waals surface area contributed by atoms with Crippen LogP contribution >= 0.6 is 23.4 Å². The Morgan fingerprint density at radius 2 is 1.97 bits per heavy atom. The number of benzene rings is 2. The molecule has 0 radical (unpaired) electrons. The Hall–Kier alpha value is -3.52. The molecule has 0 fully saturated rings. The number of aromatic hydroxyl groups is 1. The number of pyridine rings is 1. The molecule has 0 atom stereocenters. The van der Waals surface area contributed by atoms with Crippen molar-refractivity contribution < 1.29 is 5.11 Å². The summed E-state index contributed by atoms with van der Waals surface area (Å²) in [5.41, 5.74) is 1.31. The van der Waals surface area contributed by atoms with Gasteiger partial charge in [0.25, 0.3) is 5.56 Å². The standard InChI is InChI=1S/C22H15ClN4O2S/c1-14-17(10-24)21(28)27(12-15-5-3-2-4-6-15)22(29)18(14)11-26-16-7-8-20(30-13-25)19(23)9-16/h2-9,11,29H,12H2,1H3. The van der Waals surface area contributed by atoms with Crippen LogP contribution < -0.4 is 5.56 Å². The van der Waals surface area contributed by atoms with E-state index in [-0.39, 0.29) is 23.6 Å². The summed E-state index contributed by atoms with van der Waals surface area (Å²) >= 11 is 7.10. The molecule has 1 aromatic heterocycles. The molecule has 0 spiro atoms. The summed E-state index contributed by atoms with van der Waals surface area (Å²) in [4.78, 5) is 17.6. The van der Waals surface area contributed by atoms with E-state index < -0.39 is 5.56 Å². The average Bonchev–Trinajstić information content (AvgIpc) is 2.74. The largest absolute Gasteiger partial charge is 0.494 e. The minimum absolute atomic E-state index is 0.0519. The molecule has 1 heterocycles. The monoisotopic (exact) mass is 434 g/mol. The summed E-state index contributed by atoms with van der Waals surface area (Å²) in [6.45, 7) is 1.71. The molecule has 148 valence electrons. The van der Waals surface area contributed by atoms with Gasteiger partial charge in [-0.05, 0) is 48.0 Å². The predicted octanol–water partition coefficient (Wildman–Crippen LogP) is 4.76. The minimum atomic E-state index is -0.561. The van der Waals surface area contributed by atoms with Crippen LogP contribution in [0.2, 0.25) is 5.02 Å². The van der Waals surface area contributed by atoms with Gasteiger partial charge in [0.1, 0.15) is 17.0 Å². The number of thiocyanates is 1. The summed E-state index contributed by atoms with van der Waals surface area (Å²) in [7, 11) is 0. The van der Waals surface area contributed by atoms with Crippen molar-refractivity contribution in [1.82, 2.24) is 4.57 Å². The van der Waals surface area contributed by atoms with E-state index in [4.69, 9.17) is 16.9 Å². The quantitative estimate of drug-likeness (QED) is 0.354. The molecule has 30 heavy (non-hydrogen) atoms. The number of hydrogen-bond acceptors (Lipinski definition) is 6. The fourth-order valence-corrected chi connectivity index (χ4v) is 3.56. The van der Waals surface area contributed by atoms with Crippen LogP contribution in [0.15, 0.2) is 63.2 Å². The third-order valence-electron chi connectivity index (χ3n) is 4.44. The highest BCUT2D eigenvalue weighted by Crippen LogP contribution is 2.30. The molecule has 0 saturated heterocycles. The molecule has 0 aliphatic carbocycles. The van der Waals surface area contributed by atoms with Gasteiger partial charge in [0.05, 0.1) is 22.8 Å². The van der Waals surface area contributed by atoms with Crippen molar-refractivity contribution in [3.05, 3.63) is 86.2 Å².